The highest BCUT2D eigenvalue weighted by atomic mass is 35.5. The number of hydrogen-bond donors (Lipinski definition) is 2. The molecule has 0 spiro atoms. The van der Waals surface area contributed by atoms with Crippen molar-refractivity contribution in [2.45, 2.75) is 19.5 Å². The number of amides is 2. The van der Waals surface area contributed by atoms with E-state index in [1.807, 2.05) is 43.3 Å². The Morgan fingerprint density at radius 3 is 2.16 bits per heavy atom. The predicted molar refractivity (Wildman–Crippen MR) is 102 cm³/mol. The van der Waals surface area contributed by atoms with E-state index >= 15 is 0 Å². The minimum Gasteiger partial charge on any atom is -0.355 e. The fraction of sp³-hybridized carbons (Fsp3) is 0.263. The van der Waals surface area contributed by atoms with Crippen molar-refractivity contribution in [1.82, 2.24) is 10.2 Å². The van der Waals surface area contributed by atoms with Crippen molar-refractivity contribution in [3.63, 3.8) is 0 Å². The first kappa shape index (κ1) is 20.7. The Kier molecular flexibility index (Phi) is 7.61. The van der Waals surface area contributed by atoms with Gasteiger partial charge < -0.3 is 16.0 Å². The molecule has 0 aliphatic rings. The summed E-state index contributed by atoms with van der Waals surface area (Å²) in [4.78, 5) is 25.6. The van der Waals surface area contributed by atoms with E-state index in [2.05, 4.69) is 5.32 Å². The molecule has 2 aromatic rings. The van der Waals surface area contributed by atoms with E-state index in [0.717, 1.165) is 16.7 Å². The molecule has 0 radical (unpaired) electrons. The molecule has 0 heterocycles. The van der Waals surface area contributed by atoms with Crippen LogP contribution in [0.25, 0.3) is 0 Å². The zero-order valence-electron chi connectivity index (χ0n) is 14.7. The molecular formula is C19H24ClN3O2. The van der Waals surface area contributed by atoms with Gasteiger partial charge in [0, 0.05) is 26.2 Å². The summed E-state index contributed by atoms with van der Waals surface area (Å²) in [5, 5.41) is 2.58. The molecule has 25 heavy (non-hydrogen) atoms. The summed E-state index contributed by atoms with van der Waals surface area (Å²) in [5.41, 5.74) is 9.54. The van der Waals surface area contributed by atoms with Crippen LogP contribution in [0.15, 0.2) is 48.5 Å². The number of carbonyl (C=O) groups is 2. The van der Waals surface area contributed by atoms with Crippen LogP contribution in [0.5, 0.6) is 0 Å². The number of benzene rings is 2. The zero-order chi connectivity index (χ0) is 17.7. The standard InChI is InChI=1S/C19H23N3O2.ClH/c1-13-4-8-15(9-5-13)17(20)19(24)22(3)12-14-6-10-16(11-7-14)18(23)21-2;/h4-11,17H,12,20H2,1-3H3,(H,21,23);1H. The first-order valence-corrected chi connectivity index (χ1v) is 7.80. The molecule has 134 valence electrons. The van der Waals surface area contributed by atoms with Crippen molar-refractivity contribution in [1.29, 1.82) is 0 Å². The van der Waals surface area contributed by atoms with Crippen LogP contribution in [0.1, 0.15) is 33.1 Å². The highest BCUT2D eigenvalue weighted by Crippen LogP contribution is 2.15. The average molecular weight is 362 g/mol. The fourth-order valence-electron chi connectivity index (χ4n) is 2.41. The summed E-state index contributed by atoms with van der Waals surface area (Å²) in [5.74, 6) is -0.276. The second kappa shape index (κ2) is 9.20. The van der Waals surface area contributed by atoms with Crippen molar-refractivity contribution in [2.75, 3.05) is 14.1 Å². The normalized spacial score (nSPS) is 11.2. The summed E-state index contributed by atoms with van der Waals surface area (Å²) in [6, 6.07) is 14.1. The van der Waals surface area contributed by atoms with Gasteiger partial charge in [0.1, 0.15) is 6.04 Å². The zero-order valence-corrected chi connectivity index (χ0v) is 15.5. The second-order valence-corrected chi connectivity index (χ2v) is 5.86. The van der Waals surface area contributed by atoms with Crippen molar-refractivity contribution in [3.8, 4) is 0 Å². The van der Waals surface area contributed by atoms with Crippen LogP contribution in [0.2, 0.25) is 0 Å². The number of nitrogens with two attached hydrogens (primary N) is 1. The molecule has 2 aromatic carbocycles. The highest BCUT2D eigenvalue weighted by molar-refractivity contribution is 5.94. The molecule has 0 aliphatic heterocycles. The monoisotopic (exact) mass is 361 g/mol. The Morgan fingerprint density at radius 1 is 1.08 bits per heavy atom. The smallest absolute Gasteiger partial charge is 0.251 e. The summed E-state index contributed by atoms with van der Waals surface area (Å²) in [7, 11) is 3.32. The molecule has 0 saturated heterocycles. The minimum atomic E-state index is -0.680. The van der Waals surface area contributed by atoms with Gasteiger partial charge in [0.2, 0.25) is 5.91 Å². The Balaban J connectivity index is 0.00000312. The first-order chi connectivity index (χ1) is 11.4. The van der Waals surface area contributed by atoms with Gasteiger partial charge >= 0.3 is 0 Å². The number of halogens is 1. The van der Waals surface area contributed by atoms with Gasteiger partial charge in [-0.2, -0.15) is 0 Å². The van der Waals surface area contributed by atoms with E-state index in [-0.39, 0.29) is 24.2 Å². The lowest BCUT2D eigenvalue weighted by atomic mass is 10.0. The van der Waals surface area contributed by atoms with E-state index in [1.54, 1.807) is 31.1 Å². The summed E-state index contributed by atoms with van der Waals surface area (Å²) >= 11 is 0. The van der Waals surface area contributed by atoms with Crippen LogP contribution >= 0.6 is 12.4 Å². The van der Waals surface area contributed by atoms with Crippen molar-refractivity contribution in [2.24, 2.45) is 5.73 Å². The van der Waals surface area contributed by atoms with Crippen LogP contribution in [0.4, 0.5) is 0 Å². The van der Waals surface area contributed by atoms with Crippen LogP contribution in [-0.2, 0) is 11.3 Å². The maximum Gasteiger partial charge on any atom is 0.251 e. The van der Waals surface area contributed by atoms with Gasteiger partial charge in [-0.15, -0.1) is 12.4 Å². The second-order valence-electron chi connectivity index (χ2n) is 5.86. The van der Waals surface area contributed by atoms with E-state index in [1.165, 1.54) is 0 Å². The molecule has 0 aromatic heterocycles. The van der Waals surface area contributed by atoms with Gasteiger partial charge in [0.15, 0.2) is 0 Å². The van der Waals surface area contributed by atoms with Gasteiger partial charge in [0.05, 0.1) is 0 Å². The predicted octanol–water partition coefficient (Wildman–Crippen LogP) is 2.43. The molecule has 0 saturated carbocycles. The third kappa shape index (κ3) is 5.31. The summed E-state index contributed by atoms with van der Waals surface area (Å²) < 4.78 is 0. The Morgan fingerprint density at radius 2 is 1.64 bits per heavy atom. The molecule has 2 rings (SSSR count). The third-order valence-corrected chi connectivity index (χ3v) is 3.94. The van der Waals surface area contributed by atoms with Crippen LogP contribution < -0.4 is 11.1 Å². The summed E-state index contributed by atoms with van der Waals surface area (Å²) in [6.07, 6.45) is 0. The number of nitrogens with zero attached hydrogens (tertiary/aromatic N) is 1. The molecule has 0 aliphatic carbocycles. The lowest BCUT2D eigenvalue weighted by Gasteiger charge is -2.22. The molecule has 3 N–H and O–H groups in total. The largest absolute Gasteiger partial charge is 0.355 e. The lowest BCUT2D eigenvalue weighted by Crippen LogP contribution is -2.35. The number of likely N-dealkylation sites (N-methyl/N-ethyl adjacent to an activating group) is 1. The fourth-order valence-corrected chi connectivity index (χ4v) is 2.41. The Hall–Kier alpha value is -2.37. The van der Waals surface area contributed by atoms with Gasteiger partial charge in [0.25, 0.3) is 5.91 Å². The highest BCUT2D eigenvalue weighted by Gasteiger charge is 2.20. The van der Waals surface area contributed by atoms with Crippen molar-refractivity contribution < 1.29 is 9.59 Å². The quantitative estimate of drug-likeness (QED) is 0.858. The molecule has 1 atom stereocenters. The Labute approximate surface area is 154 Å². The minimum absolute atomic E-state index is 0. The van der Waals surface area contributed by atoms with Crippen LogP contribution in [-0.4, -0.2) is 30.8 Å². The molecule has 6 heteroatoms. The van der Waals surface area contributed by atoms with Crippen LogP contribution in [0.3, 0.4) is 0 Å². The molecule has 0 fully saturated rings. The van der Waals surface area contributed by atoms with E-state index < -0.39 is 6.04 Å². The van der Waals surface area contributed by atoms with E-state index in [0.29, 0.717) is 12.1 Å². The molecule has 0 bridgehead atoms. The van der Waals surface area contributed by atoms with Crippen LogP contribution in [0, 0.1) is 6.92 Å². The SMILES string of the molecule is CNC(=O)c1ccc(CN(C)C(=O)C(N)c2ccc(C)cc2)cc1.Cl. The average Bonchev–Trinajstić information content (AvgIpc) is 2.61. The number of aryl methyl sites for hydroxylation is 1. The molecule has 2 amide bonds. The number of rotatable bonds is 5. The van der Waals surface area contributed by atoms with Crippen molar-refractivity contribution >= 4 is 24.2 Å². The lowest BCUT2D eigenvalue weighted by molar-refractivity contribution is -0.131. The number of nitrogens with one attached hydrogen (secondary N) is 1. The van der Waals surface area contributed by atoms with E-state index in [4.69, 9.17) is 5.73 Å². The summed E-state index contributed by atoms with van der Waals surface area (Å²) in [6.45, 7) is 2.43. The third-order valence-electron chi connectivity index (χ3n) is 3.94. The first-order valence-electron chi connectivity index (χ1n) is 7.80. The van der Waals surface area contributed by atoms with Gasteiger partial charge in [-0.05, 0) is 30.2 Å². The van der Waals surface area contributed by atoms with Crippen molar-refractivity contribution in [3.05, 3.63) is 70.8 Å². The number of carbonyl (C=O) groups excluding carboxylic acids is 2. The molecule has 1 unspecified atom stereocenters. The van der Waals surface area contributed by atoms with Gasteiger partial charge in [-0.1, -0.05) is 42.0 Å². The van der Waals surface area contributed by atoms with Gasteiger partial charge in [-0.25, -0.2) is 0 Å². The topological polar surface area (TPSA) is 75.4 Å². The maximum atomic E-state index is 12.5. The molecule has 5 nitrogen and oxygen atoms in total. The van der Waals surface area contributed by atoms with E-state index in [9.17, 15) is 9.59 Å². The molecular weight excluding hydrogens is 338 g/mol. The Bertz CT molecular complexity index is 714. The number of hydrogen-bond acceptors (Lipinski definition) is 3. The van der Waals surface area contributed by atoms with Gasteiger partial charge in [-0.3, -0.25) is 9.59 Å². The maximum absolute atomic E-state index is 12.5.